The molecule has 2 amide bonds. The Kier molecular flexibility index (Phi) is 9.05. The third-order valence-corrected chi connectivity index (χ3v) is 4.03. The van der Waals surface area contributed by atoms with Crippen LogP contribution in [0.25, 0.3) is 0 Å². The largest absolute Gasteiger partial charge is 0.352 e. The van der Waals surface area contributed by atoms with Crippen molar-refractivity contribution in [2.45, 2.75) is 13.0 Å². The highest BCUT2D eigenvalue weighted by Crippen LogP contribution is 2.12. The van der Waals surface area contributed by atoms with E-state index in [1.54, 1.807) is 18.3 Å². The first-order chi connectivity index (χ1) is 11.7. The van der Waals surface area contributed by atoms with Gasteiger partial charge in [0.25, 0.3) is 5.91 Å². The normalized spacial score (nSPS) is 15.3. The summed E-state index contributed by atoms with van der Waals surface area (Å²) in [5.41, 5.74) is 2.21. The number of halogens is 2. The number of rotatable bonds is 5. The standard InChI is InChI=1S/C18H20N4O2.2ClH/c23-17(15-7-9-20-12-15)21-10-13-3-5-16(6-4-13)22-18(24)14-2-1-8-19-11-14;;/h1-6,8,11,15,20H,7,9-10,12H2,(H,21,23)(H,22,24);2*1H. The minimum atomic E-state index is -0.196. The molecule has 1 aromatic heterocycles. The fraction of sp³-hybridized carbons (Fsp3) is 0.278. The lowest BCUT2D eigenvalue weighted by Crippen LogP contribution is -2.31. The van der Waals surface area contributed by atoms with Crippen molar-refractivity contribution in [3.63, 3.8) is 0 Å². The molecule has 0 saturated carbocycles. The Morgan fingerprint density at radius 3 is 2.54 bits per heavy atom. The first-order valence-electron chi connectivity index (χ1n) is 8.01. The Morgan fingerprint density at radius 2 is 1.92 bits per heavy atom. The van der Waals surface area contributed by atoms with Crippen molar-refractivity contribution in [3.05, 3.63) is 59.9 Å². The van der Waals surface area contributed by atoms with Crippen LogP contribution in [0, 0.1) is 5.92 Å². The van der Waals surface area contributed by atoms with Gasteiger partial charge in [-0.25, -0.2) is 0 Å². The lowest BCUT2D eigenvalue weighted by Gasteiger charge is -2.10. The van der Waals surface area contributed by atoms with Crippen molar-refractivity contribution >= 4 is 42.3 Å². The number of amides is 2. The summed E-state index contributed by atoms with van der Waals surface area (Å²) in [5.74, 6) is -0.0325. The van der Waals surface area contributed by atoms with E-state index in [-0.39, 0.29) is 42.5 Å². The van der Waals surface area contributed by atoms with Crippen LogP contribution in [0.4, 0.5) is 5.69 Å². The molecule has 1 unspecified atom stereocenters. The van der Waals surface area contributed by atoms with Gasteiger partial charge in [-0.05, 0) is 42.8 Å². The molecule has 26 heavy (non-hydrogen) atoms. The smallest absolute Gasteiger partial charge is 0.257 e. The van der Waals surface area contributed by atoms with Gasteiger partial charge in [-0.2, -0.15) is 0 Å². The lowest BCUT2D eigenvalue weighted by atomic mass is 10.1. The first-order valence-corrected chi connectivity index (χ1v) is 8.01. The van der Waals surface area contributed by atoms with E-state index in [0.29, 0.717) is 17.8 Å². The molecule has 0 bridgehead atoms. The summed E-state index contributed by atoms with van der Waals surface area (Å²) in [6.45, 7) is 2.15. The van der Waals surface area contributed by atoms with Crippen LogP contribution in [-0.4, -0.2) is 29.9 Å². The Labute approximate surface area is 165 Å². The lowest BCUT2D eigenvalue weighted by molar-refractivity contribution is -0.124. The van der Waals surface area contributed by atoms with Gasteiger partial charge in [-0.3, -0.25) is 14.6 Å². The van der Waals surface area contributed by atoms with Crippen LogP contribution in [-0.2, 0) is 11.3 Å². The predicted molar refractivity (Wildman–Crippen MR) is 106 cm³/mol. The molecule has 1 atom stereocenters. The number of carbonyl (C=O) groups is 2. The molecule has 0 spiro atoms. The van der Waals surface area contributed by atoms with E-state index in [4.69, 9.17) is 0 Å². The quantitative estimate of drug-likeness (QED) is 0.724. The number of carbonyl (C=O) groups excluding carboxylic acids is 2. The van der Waals surface area contributed by atoms with Crippen molar-refractivity contribution in [2.24, 2.45) is 5.92 Å². The molecule has 1 fully saturated rings. The maximum atomic E-state index is 12.0. The van der Waals surface area contributed by atoms with Crippen LogP contribution >= 0.6 is 24.8 Å². The summed E-state index contributed by atoms with van der Waals surface area (Å²) in [6, 6.07) is 10.9. The van der Waals surface area contributed by atoms with Crippen LogP contribution in [0.15, 0.2) is 48.8 Å². The topological polar surface area (TPSA) is 83.1 Å². The zero-order valence-electron chi connectivity index (χ0n) is 14.1. The zero-order valence-corrected chi connectivity index (χ0v) is 15.7. The van der Waals surface area contributed by atoms with Crippen LogP contribution < -0.4 is 16.0 Å². The molecule has 0 aliphatic carbocycles. The van der Waals surface area contributed by atoms with E-state index in [1.807, 2.05) is 24.3 Å². The molecule has 3 N–H and O–H groups in total. The average Bonchev–Trinajstić information content (AvgIpc) is 3.16. The Hall–Kier alpha value is -2.15. The molecule has 2 aromatic rings. The monoisotopic (exact) mass is 396 g/mol. The highest BCUT2D eigenvalue weighted by atomic mass is 35.5. The molecule has 1 aliphatic heterocycles. The maximum absolute atomic E-state index is 12.0. The van der Waals surface area contributed by atoms with Gasteiger partial charge in [0, 0.05) is 31.2 Å². The molecule has 3 rings (SSSR count). The van der Waals surface area contributed by atoms with E-state index in [0.717, 1.165) is 25.1 Å². The van der Waals surface area contributed by atoms with Crippen LogP contribution in [0.2, 0.25) is 0 Å². The molecule has 2 heterocycles. The Balaban J connectivity index is 0.00000169. The van der Waals surface area contributed by atoms with E-state index in [2.05, 4.69) is 20.9 Å². The van der Waals surface area contributed by atoms with Crippen molar-refractivity contribution in [1.82, 2.24) is 15.6 Å². The van der Waals surface area contributed by atoms with Gasteiger partial charge < -0.3 is 16.0 Å². The SMILES string of the molecule is Cl.Cl.O=C(Nc1ccc(CNC(=O)C2CCNC2)cc1)c1cccnc1. The predicted octanol–water partition coefficient (Wildman–Crippen LogP) is 2.40. The Bertz CT molecular complexity index is 705. The van der Waals surface area contributed by atoms with Gasteiger partial charge in [0.05, 0.1) is 11.5 Å². The van der Waals surface area contributed by atoms with Crippen molar-refractivity contribution in [2.75, 3.05) is 18.4 Å². The number of hydrogen-bond acceptors (Lipinski definition) is 4. The number of benzene rings is 1. The minimum Gasteiger partial charge on any atom is -0.352 e. The fourth-order valence-corrected chi connectivity index (χ4v) is 2.62. The highest BCUT2D eigenvalue weighted by molar-refractivity contribution is 6.04. The second kappa shape index (κ2) is 10.8. The molecule has 140 valence electrons. The van der Waals surface area contributed by atoms with Crippen molar-refractivity contribution < 1.29 is 9.59 Å². The number of nitrogens with one attached hydrogen (secondary N) is 3. The molecule has 1 saturated heterocycles. The van der Waals surface area contributed by atoms with Gasteiger partial charge in [0.1, 0.15) is 0 Å². The molecule has 6 nitrogen and oxygen atoms in total. The summed E-state index contributed by atoms with van der Waals surface area (Å²) in [5, 5.41) is 8.96. The number of nitrogens with zero attached hydrogens (tertiary/aromatic N) is 1. The van der Waals surface area contributed by atoms with E-state index in [9.17, 15) is 9.59 Å². The number of anilines is 1. The maximum Gasteiger partial charge on any atom is 0.257 e. The summed E-state index contributed by atoms with van der Waals surface area (Å²) < 4.78 is 0. The third-order valence-electron chi connectivity index (χ3n) is 4.03. The second-order valence-corrected chi connectivity index (χ2v) is 5.80. The van der Waals surface area contributed by atoms with Gasteiger partial charge in [0.2, 0.25) is 5.91 Å². The molecule has 8 heteroatoms. The van der Waals surface area contributed by atoms with E-state index >= 15 is 0 Å². The second-order valence-electron chi connectivity index (χ2n) is 5.80. The fourth-order valence-electron chi connectivity index (χ4n) is 2.62. The molecule has 1 aliphatic rings. The van der Waals surface area contributed by atoms with E-state index < -0.39 is 0 Å². The van der Waals surface area contributed by atoms with Gasteiger partial charge in [0.15, 0.2) is 0 Å². The summed E-state index contributed by atoms with van der Waals surface area (Å²) in [4.78, 5) is 28.0. The van der Waals surface area contributed by atoms with Crippen molar-refractivity contribution in [3.8, 4) is 0 Å². The average molecular weight is 397 g/mol. The van der Waals surface area contributed by atoms with Gasteiger partial charge in [-0.1, -0.05) is 12.1 Å². The molecule has 0 radical (unpaired) electrons. The van der Waals surface area contributed by atoms with Crippen LogP contribution in [0.5, 0.6) is 0 Å². The molecular weight excluding hydrogens is 375 g/mol. The highest BCUT2D eigenvalue weighted by Gasteiger charge is 2.21. The van der Waals surface area contributed by atoms with Gasteiger partial charge in [-0.15, -0.1) is 24.8 Å². The molecule has 1 aromatic carbocycles. The van der Waals surface area contributed by atoms with E-state index in [1.165, 1.54) is 6.20 Å². The first kappa shape index (κ1) is 21.9. The summed E-state index contributed by atoms with van der Waals surface area (Å²) in [7, 11) is 0. The zero-order chi connectivity index (χ0) is 16.8. The number of hydrogen-bond donors (Lipinski definition) is 3. The summed E-state index contributed by atoms with van der Waals surface area (Å²) in [6.07, 6.45) is 4.05. The Morgan fingerprint density at radius 1 is 1.15 bits per heavy atom. The number of aromatic nitrogens is 1. The summed E-state index contributed by atoms with van der Waals surface area (Å²) >= 11 is 0. The van der Waals surface area contributed by atoms with Crippen LogP contribution in [0.3, 0.4) is 0 Å². The van der Waals surface area contributed by atoms with Crippen LogP contribution in [0.1, 0.15) is 22.3 Å². The number of pyridine rings is 1. The molecular formula is C18H22Cl2N4O2. The van der Waals surface area contributed by atoms with Gasteiger partial charge >= 0.3 is 0 Å². The minimum absolute atomic E-state index is 0. The third kappa shape index (κ3) is 5.98. The van der Waals surface area contributed by atoms with Crippen molar-refractivity contribution in [1.29, 1.82) is 0 Å².